The van der Waals surface area contributed by atoms with Crippen LogP contribution in [0.15, 0.2) is 24.0 Å². The van der Waals surface area contributed by atoms with E-state index in [1.54, 1.807) is 0 Å². The van der Waals surface area contributed by atoms with Gasteiger partial charge in [0.1, 0.15) is 0 Å². The standard InChI is InChI=1S/C16H28OSi/c1-15(2)10-8-12-16(3)11-7-9-13(14(15)16)17-18(4,5)6/h7,9,11,14H,8,10,12H2,1-6H3. The lowest BCUT2D eigenvalue weighted by Crippen LogP contribution is -2.45. The topological polar surface area (TPSA) is 9.23 Å². The first-order valence-electron chi connectivity index (χ1n) is 7.23. The summed E-state index contributed by atoms with van der Waals surface area (Å²) in [5, 5.41) is 0. The van der Waals surface area contributed by atoms with Crippen LogP contribution in [0.4, 0.5) is 0 Å². The quantitative estimate of drug-likeness (QED) is 0.629. The Kier molecular flexibility index (Phi) is 3.29. The molecule has 0 N–H and O–H groups in total. The number of allylic oxidation sites excluding steroid dienone is 4. The largest absolute Gasteiger partial charge is 0.547 e. The molecule has 18 heavy (non-hydrogen) atoms. The average molecular weight is 264 g/mol. The molecule has 0 aliphatic heterocycles. The Labute approximate surface area is 113 Å². The Morgan fingerprint density at radius 2 is 1.83 bits per heavy atom. The van der Waals surface area contributed by atoms with Crippen molar-refractivity contribution in [3.63, 3.8) is 0 Å². The van der Waals surface area contributed by atoms with E-state index in [1.165, 1.54) is 25.0 Å². The zero-order valence-electron chi connectivity index (χ0n) is 12.8. The molecule has 2 aliphatic rings. The van der Waals surface area contributed by atoms with Crippen molar-refractivity contribution in [1.82, 2.24) is 0 Å². The highest BCUT2D eigenvalue weighted by Gasteiger charge is 2.49. The molecule has 1 saturated carbocycles. The molecule has 0 aromatic rings. The fourth-order valence-corrected chi connectivity index (χ4v) is 4.79. The summed E-state index contributed by atoms with van der Waals surface area (Å²) in [6, 6.07) is 0. The van der Waals surface area contributed by atoms with Crippen molar-refractivity contribution in [2.24, 2.45) is 16.7 Å². The number of hydrogen-bond acceptors (Lipinski definition) is 1. The zero-order valence-corrected chi connectivity index (χ0v) is 13.8. The van der Waals surface area contributed by atoms with E-state index in [1.807, 2.05) is 0 Å². The van der Waals surface area contributed by atoms with Crippen LogP contribution in [0.3, 0.4) is 0 Å². The summed E-state index contributed by atoms with van der Waals surface area (Å²) < 4.78 is 6.40. The second-order valence-corrected chi connectivity index (χ2v) is 12.4. The zero-order chi connectivity index (χ0) is 13.6. The van der Waals surface area contributed by atoms with Crippen LogP contribution in [-0.4, -0.2) is 8.32 Å². The van der Waals surface area contributed by atoms with Gasteiger partial charge in [-0.3, -0.25) is 0 Å². The normalized spacial score (nSPS) is 34.8. The molecule has 2 unspecified atom stereocenters. The summed E-state index contributed by atoms with van der Waals surface area (Å²) in [6.07, 6.45) is 10.8. The van der Waals surface area contributed by atoms with Gasteiger partial charge in [-0.1, -0.05) is 39.3 Å². The molecule has 2 atom stereocenters. The molecule has 2 aliphatic carbocycles. The number of fused-ring (bicyclic) bond motifs is 1. The molecule has 0 aromatic carbocycles. The predicted molar refractivity (Wildman–Crippen MR) is 80.9 cm³/mol. The highest BCUT2D eigenvalue weighted by Crippen LogP contribution is 2.56. The molecule has 0 saturated heterocycles. The van der Waals surface area contributed by atoms with Gasteiger partial charge in [-0.2, -0.15) is 0 Å². The lowest BCUT2D eigenvalue weighted by atomic mass is 9.55. The minimum absolute atomic E-state index is 0.297. The van der Waals surface area contributed by atoms with Crippen LogP contribution in [0.2, 0.25) is 19.6 Å². The van der Waals surface area contributed by atoms with Crippen molar-refractivity contribution in [3.05, 3.63) is 24.0 Å². The first-order valence-corrected chi connectivity index (χ1v) is 10.6. The van der Waals surface area contributed by atoms with E-state index in [-0.39, 0.29) is 0 Å². The maximum Gasteiger partial charge on any atom is 0.241 e. The highest BCUT2D eigenvalue weighted by molar-refractivity contribution is 6.70. The molecule has 0 radical (unpaired) electrons. The smallest absolute Gasteiger partial charge is 0.241 e. The monoisotopic (exact) mass is 264 g/mol. The maximum absolute atomic E-state index is 6.40. The van der Waals surface area contributed by atoms with E-state index < -0.39 is 8.32 Å². The first-order chi connectivity index (χ1) is 8.14. The molecule has 1 nitrogen and oxygen atoms in total. The van der Waals surface area contributed by atoms with E-state index in [0.29, 0.717) is 16.7 Å². The SMILES string of the molecule is CC1(C)CCCC2(C)C=CC=C(O[Si](C)(C)C)C12. The molecular formula is C16H28OSi. The first kappa shape index (κ1) is 13.9. The molecule has 102 valence electrons. The third-order valence-corrected chi connectivity index (χ3v) is 5.27. The summed E-state index contributed by atoms with van der Waals surface area (Å²) in [6.45, 7) is 14.1. The van der Waals surface area contributed by atoms with Gasteiger partial charge in [0.2, 0.25) is 8.32 Å². The molecule has 0 spiro atoms. The Hall–Kier alpha value is -0.503. The lowest BCUT2D eigenvalue weighted by Gasteiger charge is -2.52. The van der Waals surface area contributed by atoms with Crippen molar-refractivity contribution in [2.45, 2.75) is 59.7 Å². The van der Waals surface area contributed by atoms with E-state index in [0.717, 1.165) is 0 Å². The van der Waals surface area contributed by atoms with Crippen LogP contribution in [0.1, 0.15) is 40.0 Å². The molecule has 0 heterocycles. The van der Waals surface area contributed by atoms with Gasteiger partial charge < -0.3 is 4.43 Å². The summed E-state index contributed by atoms with van der Waals surface area (Å²) in [5.41, 5.74) is 0.648. The molecule has 0 amide bonds. The van der Waals surface area contributed by atoms with Crippen molar-refractivity contribution < 1.29 is 4.43 Å². The van der Waals surface area contributed by atoms with E-state index in [4.69, 9.17) is 4.43 Å². The van der Waals surface area contributed by atoms with E-state index in [2.05, 4.69) is 58.6 Å². The third-order valence-electron chi connectivity index (χ3n) is 4.42. The molecule has 1 fully saturated rings. The highest BCUT2D eigenvalue weighted by atomic mass is 28.4. The maximum atomic E-state index is 6.40. The average Bonchev–Trinajstić information content (AvgIpc) is 2.12. The minimum atomic E-state index is -1.52. The Morgan fingerprint density at radius 3 is 2.44 bits per heavy atom. The van der Waals surface area contributed by atoms with Crippen molar-refractivity contribution >= 4 is 8.32 Å². The Balaban J connectivity index is 2.35. The minimum Gasteiger partial charge on any atom is -0.547 e. The van der Waals surface area contributed by atoms with Gasteiger partial charge in [-0.15, -0.1) is 0 Å². The van der Waals surface area contributed by atoms with Gasteiger partial charge in [-0.05, 0) is 49.4 Å². The lowest BCUT2D eigenvalue weighted by molar-refractivity contribution is 0.0328. The summed E-state index contributed by atoms with van der Waals surface area (Å²) in [5.74, 6) is 1.80. The van der Waals surface area contributed by atoms with Crippen LogP contribution >= 0.6 is 0 Å². The van der Waals surface area contributed by atoms with Crippen molar-refractivity contribution in [2.75, 3.05) is 0 Å². The van der Waals surface area contributed by atoms with Crippen LogP contribution in [0, 0.1) is 16.7 Å². The van der Waals surface area contributed by atoms with Gasteiger partial charge in [0, 0.05) is 5.92 Å². The second-order valence-electron chi connectivity index (χ2n) is 7.92. The second kappa shape index (κ2) is 4.26. The van der Waals surface area contributed by atoms with Crippen LogP contribution < -0.4 is 0 Å². The van der Waals surface area contributed by atoms with Gasteiger partial charge in [0.15, 0.2) is 0 Å². The van der Waals surface area contributed by atoms with Crippen LogP contribution in [0.5, 0.6) is 0 Å². The Bertz CT molecular complexity index is 386. The molecule has 2 heteroatoms. The Morgan fingerprint density at radius 1 is 1.17 bits per heavy atom. The number of rotatable bonds is 2. The van der Waals surface area contributed by atoms with Crippen LogP contribution in [0.25, 0.3) is 0 Å². The predicted octanol–water partition coefficient (Wildman–Crippen LogP) is 5.12. The van der Waals surface area contributed by atoms with Gasteiger partial charge >= 0.3 is 0 Å². The van der Waals surface area contributed by atoms with Crippen molar-refractivity contribution in [3.8, 4) is 0 Å². The van der Waals surface area contributed by atoms with E-state index >= 15 is 0 Å². The fraction of sp³-hybridized carbons (Fsp3) is 0.750. The third kappa shape index (κ3) is 2.58. The summed E-state index contributed by atoms with van der Waals surface area (Å²) in [4.78, 5) is 0. The van der Waals surface area contributed by atoms with Crippen molar-refractivity contribution in [1.29, 1.82) is 0 Å². The molecule has 0 aromatic heterocycles. The molecule has 2 rings (SSSR count). The fourth-order valence-electron chi connectivity index (χ4n) is 3.90. The van der Waals surface area contributed by atoms with E-state index in [9.17, 15) is 0 Å². The van der Waals surface area contributed by atoms with Crippen LogP contribution in [-0.2, 0) is 4.43 Å². The molecular weight excluding hydrogens is 236 g/mol. The summed E-state index contributed by atoms with van der Waals surface area (Å²) in [7, 11) is -1.52. The molecule has 0 bridgehead atoms. The van der Waals surface area contributed by atoms with Gasteiger partial charge in [0.25, 0.3) is 0 Å². The summed E-state index contributed by atoms with van der Waals surface area (Å²) >= 11 is 0. The van der Waals surface area contributed by atoms with Gasteiger partial charge in [0.05, 0.1) is 5.76 Å². The number of hydrogen-bond donors (Lipinski definition) is 0. The van der Waals surface area contributed by atoms with Gasteiger partial charge in [-0.25, -0.2) is 0 Å².